The third-order valence-corrected chi connectivity index (χ3v) is 10.8. The summed E-state index contributed by atoms with van der Waals surface area (Å²) in [6.45, 7) is 11.2. The zero-order valence-corrected chi connectivity index (χ0v) is 22.7. The van der Waals surface area contributed by atoms with E-state index in [9.17, 15) is 16.8 Å². The van der Waals surface area contributed by atoms with Crippen LogP contribution < -0.4 is 9.17 Å². The van der Waals surface area contributed by atoms with Gasteiger partial charge in [-0.05, 0) is 71.9 Å². The highest BCUT2D eigenvalue weighted by molar-refractivity contribution is 8.10. The zero-order valence-electron chi connectivity index (χ0n) is 21.1. The van der Waals surface area contributed by atoms with Crippen molar-refractivity contribution in [2.45, 2.75) is 62.5 Å². The molecule has 8 nitrogen and oxygen atoms in total. The predicted molar refractivity (Wildman–Crippen MR) is 139 cm³/mol. The lowest BCUT2D eigenvalue weighted by atomic mass is 9.80. The van der Waals surface area contributed by atoms with Crippen molar-refractivity contribution in [3.63, 3.8) is 0 Å². The highest BCUT2D eigenvalue weighted by Crippen LogP contribution is 2.37. The van der Waals surface area contributed by atoms with Crippen LogP contribution in [-0.2, 0) is 29.4 Å². The molecule has 0 unspecified atom stereocenters. The van der Waals surface area contributed by atoms with Crippen molar-refractivity contribution in [3.8, 4) is 0 Å². The lowest BCUT2D eigenvalue weighted by Gasteiger charge is -2.32. The molecule has 0 bridgehead atoms. The van der Waals surface area contributed by atoms with Crippen LogP contribution in [0.4, 0.5) is 5.69 Å². The Morgan fingerprint density at radius 3 is 1.56 bits per heavy atom. The summed E-state index contributed by atoms with van der Waals surface area (Å²) in [5, 5.41) is 0. The second kappa shape index (κ2) is 8.98. The van der Waals surface area contributed by atoms with Crippen molar-refractivity contribution in [3.05, 3.63) is 78.1 Å². The number of hydrogen-bond donors (Lipinski definition) is 0. The van der Waals surface area contributed by atoms with Gasteiger partial charge < -0.3 is 9.31 Å². The van der Waals surface area contributed by atoms with Crippen LogP contribution in [0.2, 0.25) is 0 Å². The third kappa shape index (κ3) is 4.68. The van der Waals surface area contributed by atoms with Crippen LogP contribution >= 0.6 is 0 Å². The number of nitrogens with zero attached hydrogens (tertiary/aromatic N) is 2. The number of rotatable bonds is 6. The summed E-state index contributed by atoms with van der Waals surface area (Å²) < 4.78 is 67.9. The fourth-order valence-corrected chi connectivity index (χ4v) is 7.32. The number of benzene rings is 2. The Morgan fingerprint density at radius 1 is 0.722 bits per heavy atom. The standard InChI is InChI=1S/C25H29BN2O6S2/c1-18-7-11-22(12-8-18)35(29,30)28(36(31,32)23-13-9-19(2)10-14-23)21-15-20(16-27-17-21)26-33-24(3,4)25(5,6)34-26/h7-17H,1-6H3. The summed E-state index contributed by atoms with van der Waals surface area (Å²) in [4.78, 5) is 3.83. The van der Waals surface area contributed by atoms with E-state index in [2.05, 4.69) is 4.98 Å². The lowest BCUT2D eigenvalue weighted by molar-refractivity contribution is 0.00578. The molecule has 0 spiro atoms. The monoisotopic (exact) mass is 528 g/mol. The smallest absolute Gasteiger partial charge is 0.399 e. The molecule has 1 aliphatic rings. The molecule has 3 aromatic rings. The number of pyridine rings is 1. The Kier molecular flexibility index (Phi) is 6.57. The number of aryl methyl sites for hydroxylation is 2. The minimum atomic E-state index is -4.55. The van der Waals surface area contributed by atoms with Gasteiger partial charge in [0.15, 0.2) is 0 Å². The third-order valence-electron chi connectivity index (χ3n) is 6.56. The number of anilines is 1. The van der Waals surface area contributed by atoms with Gasteiger partial charge in [-0.1, -0.05) is 35.4 Å². The Hall–Kier alpha value is -2.73. The van der Waals surface area contributed by atoms with Gasteiger partial charge in [0.05, 0.1) is 32.9 Å². The summed E-state index contributed by atoms with van der Waals surface area (Å²) in [5.41, 5.74) is 0.639. The normalized spacial score (nSPS) is 17.2. The van der Waals surface area contributed by atoms with Crippen LogP contribution in [0.1, 0.15) is 38.8 Å². The SMILES string of the molecule is Cc1ccc(S(=O)(=O)N(c2cncc(B3OC(C)(C)C(C)(C)O3)c2)S(=O)(=O)c2ccc(C)cc2)cc1. The first-order chi connectivity index (χ1) is 16.6. The molecular weight excluding hydrogens is 499 g/mol. The second-order valence-electron chi connectivity index (χ2n) is 9.90. The topological polar surface area (TPSA) is 103 Å². The number of aromatic nitrogens is 1. The first-order valence-corrected chi connectivity index (χ1v) is 14.3. The van der Waals surface area contributed by atoms with E-state index in [1.165, 1.54) is 42.7 Å². The lowest BCUT2D eigenvalue weighted by Crippen LogP contribution is -2.41. The molecule has 11 heteroatoms. The minimum absolute atomic E-state index is 0.150. The van der Waals surface area contributed by atoms with Crippen molar-refractivity contribution < 1.29 is 26.1 Å². The molecular formula is C25H29BN2O6S2. The quantitative estimate of drug-likeness (QED) is 0.451. The van der Waals surface area contributed by atoms with Gasteiger partial charge in [0.25, 0.3) is 20.0 Å². The Bertz CT molecular complexity index is 1390. The molecule has 1 aliphatic heterocycles. The molecule has 0 radical (unpaired) electrons. The molecule has 2 aromatic carbocycles. The van der Waals surface area contributed by atoms with Crippen molar-refractivity contribution >= 4 is 38.3 Å². The minimum Gasteiger partial charge on any atom is -0.399 e. The molecule has 0 N–H and O–H groups in total. The van der Waals surface area contributed by atoms with Gasteiger partial charge >= 0.3 is 7.12 Å². The fraction of sp³-hybridized carbons (Fsp3) is 0.320. The van der Waals surface area contributed by atoms with Crippen LogP contribution in [0, 0.1) is 13.8 Å². The highest BCUT2D eigenvalue weighted by atomic mass is 32.3. The van der Waals surface area contributed by atoms with E-state index in [1.807, 2.05) is 41.5 Å². The van der Waals surface area contributed by atoms with Crippen LogP contribution in [0.25, 0.3) is 0 Å². The van der Waals surface area contributed by atoms with E-state index in [4.69, 9.17) is 9.31 Å². The summed E-state index contributed by atoms with van der Waals surface area (Å²) in [6.07, 6.45) is 2.67. The van der Waals surface area contributed by atoms with Crippen LogP contribution in [-0.4, -0.2) is 40.1 Å². The van der Waals surface area contributed by atoms with E-state index in [0.717, 1.165) is 11.1 Å². The van der Waals surface area contributed by atoms with Crippen molar-refractivity contribution in [2.75, 3.05) is 3.71 Å². The van der Waals surface area contributed by atoms with Gasteiger partial charge in [-0.25, -0.2) is 16.8 Å². The Morgan fingerprint density at radius 2 is 1.14 bits per heavy atom. The first-order valence-electron chi connectivity index (χ1n) is 11.4. The summed E-state index contributed by atoms with van der Waals surface area (Å²) in [5.74, 6) is 0. The molecule has 0 saturated carbocycles. The zero-order chi connectivity index (χ0) is 26.5. The van der Waals surface area contributed by atoms with E-state index in [0.29, 0.717) is 9.17 Å². The molecule has 1 saturated heterocycles. The molecule has 0 amide bonds. The van der Waals surface area contributed by atoms with E-state index < -0.39 is 38.4 Å². The van der Waals surface area contributed by atoms with Gasteiger partial charge in [-0.2, -0.15) is 3.71 Å². The van der Waals surface area contributed by atoms with Crippen LogP contribution in [0.15, 0.2) is 76.8 Å². The maximum absolute atomic E-state index is 13.8. The molecule has 2 heterocycles. The van der Waals surface area contributed by atoms with Crippen molar-refractivity contribution in [1.82, 2.24) is 4.98 Å². The second-order valence-corrected chi connectivity index (χ2v) is 13.7. The Balaban J connectivity index is 1.88. The molecule has 1 fully saturated rings. The maximum atomic E-state index is 13.8. The molecule has 0 aliphatic carbocycles. The molecule has 0 atom stereocenters. The van der Waals surface area contributed by atoms with Gasteiger partial charge in [-0.15, -0.1) is 0 Å². The van der Waals surface area contributed by atoms with E-state index in [1.54, 1.807) is 24.3 Å². The predicted octanol–water partition coefficient (Wildman–Crippen LogP) is 3.58. The van der Waals surface area contributed by atoms with Crippen LogP contribution in [0.5, 0.6) is 0 Å². The van der Waals surface area contributed by atoms with Gasteiger partial charge in [0.1, 0.15) is 0 Å². The summed E-state index contributed by atoms with van der Waals surface area (Å²) in [7, 11) is -9.95. The molecule has 1 aromatic heterocycles. The van der Waals surface area contributed by atoms with Gasteiger partial charge in [0, 0.05) is 11.7 Å². The number of hydrogen-bond acceptors (Lipinski definition) is 7. The van der Waals surface area contributed by atoms with Gasteiger partial charge in [0.2, 0.25) is 0 Å². The highest BCUT2D eigenvalue weighted by Gasteiger charge is 2.52. The Labute approximate surface area is 213 Å². The fourth-order valence-electron chi connectivity index (χ4n) is 3.67. The largest absolute Gasteiger partial charge is 0.496 e. The maximum Gasteiger partial charge on any atom is 0.496 e. The molecule has 4 rings (SSSR count). The average molecular weight is 528 g/mol. The molecule has 190 valence electrons. The average Bonchev–Trinajstić information content (AvgIpc) is 3.01. The van der Waals surface area contributed by atoms with E-state index >= 15 is 0 Å². The summed E-state index contributed by atoms with van der Waals surface area (Å²) >= 11 is 0. The van der Waals surface area contributed by atoms with Crippen molar-refractivity contribution in [1.29, 1.82) is 0 Å². The molecule has 36 heavy (non-hydrogen) atoms. The summed E-state index contributed by atoms with van der Waals surface area (Å²) in [6, 6.07) is 13.4. The van der Waals surface area contributed by atoms with Crippen LogP contribution in [0.3, 0.4) is 0 Å². The number of sulfonamides is 2. The van der Waals surface area contributed by atoms with E-state index in [-0.39, 0.29) is 15.5 Å². The van der Waals surface area contributed by atoms with Gasteiger partial charge in [-0.3, -0.25) is 4.98 Å². The first kappa shape index (κ1) is 26.3. The van der Waals surface area contributed by atoms with Crippen molar-refractivity contribution in [2.24, 2.45) is 0 Å².